The number of nitrogens with two attached hydrogens (primary N) is 4. The lowest BCUT2D eigenvalue weighted by Crippen LogP contribution is -2.48. The van der Waals surface area contributed by atoms with E-state index in [0.29, 0.717) is 12.0 Å². The number of hydrogen-bond donors (Lipinski definition) is 4. The third-order valence-electron chi connectivity index (χ3n) is 9.03. The lowest BCUT2D eigenvalue weighted by Gasteiger charge is -2.38. The first-order chi connectivity index (χ1) is 15.9. The standard InChI is InChI=1S/C29H36N4/c30-21-11-8-18(9-12-21)17-4-6-19(7-5-17)20-10-13-22-23-14-15-27(31)24-2-1-3-25(28(23)24)29(32,33)26(22)16-20/h1-3,10,13-19,21H,4-9,11-12,30-33H2. The highest BCUT2D eigenvalue weighted by atomic mass is 15.0. The van der Waals surface area contributed by atoms with Crippen molar-refractivity contribution in [1.82, 2.24) is 0 Å². The summed E-state index contributed by atoms with van der Waals surface area (Å²) < 4.78 is 0. The first-order valence-electron chi connectivity index (χ1n) is 12.7. The average molecular weight is 441 g/mol. The highest BCUT2D eigenvalue weighted by molar-refractivity contribution is 6.07. The van der Waals surface area contributed by atoms with Crippen LogP contribution in [0.2, 0.25) is 0 Å². The molecule has 0 bridgehead atoms. The predicted molar refractivity (Wildman–Crippen MR) is 138 cm³/mol. The first-order valence-corrected chi connectivity index (χ1v) is 12.7. The van der Waals surface area contributed by atoms with Crippen molar-refractivity contribution < 1.29 is 0 Å². The molecule has 2 saturated carbocycles. The van der Waals surface area contributed by atoms with Crippen LogP contribution in [0.4, 0.5) is 5.69 Å². The molecule has 4 nitrogen and oxygen atoms in total. The second kappa shape index (κ2) is 7.83. The molecule has 0 unspecified atom stereocenters. The van der Waals surface area contributed by atoms with Crippen molar-refractivity contribution in [2.24, 2.45) is 29.0 Å². The summed E-state index contributed by atoms with van der Waals surface area (Å²) in [6.07, 6.45) is 10.3. The largest absolute Gasteiger partial charge is 0.398 e. The van der Waals surface area contributed by atoms with Gasteiger partial charge in [0.15, 0.2) is 0 Å². The van der Waals surface area contributed by atoms with Crippen molar-refractivity contribution in [3.05, 3.63) is 65.2 Å². The van der Waals surface area contributed by atoms with Crippen LogP contribution in [-0.4, -0.2) is 6.04 Å². The van der Waals surface area contributed by atoms with Gasteiger partial charge in [-0.25, -0.2) is 0 Å². The topological polar surface area (TPSA) is 104 Å². The molecule has 33 heavy (non-hydrogen) atoms. The average Bonchev–Trinajstić information content (AvgIpc) is 2.84. The highest BCUT2D eigenvalue weighted by Gasteiger charge is 2.36. The van der Waals surface area contributed by atoms with Crippen LogP contribution < -0.4 is 22.9 Å². The van der Waals surface area contributed by atoms with E-state index in [1.165, 1.54) is 62.5 Å². The molecule has 172 valence electrons. The Labute approximate surface area is 196 Å². The number of fused-ring (bicyclic) bond motifs is 2. The molecule has 0 spiro atoms. The number of nitrogen functional groups attached to an aromatic ring is 1. The molecular formula is C29H36N4. The van der Waals surface area contributed by atoms with Crippen LogP contribution in [0.3, 0.4) is 0 Å². The fourth-order valence-electron chi connectivity index (χ4n) is 7.08. The molecule has 0 aromatic heterocycles. The Hall–Kier alpha value is -2.40. The summed E-state index contributed by atoms with van der Waals surface area (Å²) in [5, 5.41) is 2.12. The van der Waals surface area contributed by atoms with Gasteiger partial charge >= 0.3 is 0 Å². The Morgan fingerprint density at radius 3 is 2.09 bits per heavy atom. The van der Waals surface area contributed by atoms with Gasteiger partial charge in [0, 0.05) is 17.1 Å². The zero-order valence-electron chi connectivity index (χ0n) is 19.4. The third kappa shape index (κ3) is 3.39. The molecule has 3 aliphatic carbocycles. The Bertz CT molecular complexity index is 1200. The summed E-state index contributed by atoms with van der Waals surface area (Å²) in [7, 11) is 0. The number of anilines is 1. The van der Waals surface area contributed by atoms with E-state index in [-0.39, 0.29) is 0 Å². The minimum atomic E-state index is -1.02. The van der Waals surface area contributed by atoms with Gasteiger partial charge in [-0.05, 0) is 108 Å². The Morgan fingerprint density at radius 1 is 0.697 bits per heavy atom. The zero-order chi connectivity index (χ0) is 22.7. The minimum absolute atomic E-state index is 0.438. The number of benzene rings is 3. The summed E-state index contributed by atoms with van der Waals surface area (Å²) >= 11 is 0. The van der Waals surface area contributed by atoms with Crippen molar-refractivity contribution in [3.63, 3.8) is 0 Å². The lowest BCUT2D eigenvalue weighted by atomic mass is 9.68. The molecule has 4 heteroatoms. The fraction of sp³-hybridized carbons (Fsp3) is 0.448. The van der Waals surface area contributed by atoms with Gasteiger partial charge in [-0.2, -0.15) is 0 Å². The molecule has 2 fully saturated rings. The van der Waals surface area contributed by atoms with Crippen LogP contribution in [0.1, 0.15) is 74.0 Å². The van der Waals surface area contributed by atoms with Gasteiger partial charge in [0.25, 0.3) is 0 Å². The van der Waals surface area contributed by atoms with Crippen LogP contribution in [0.15, 0.2) is 48.5 Å². The summed E-state index contributed by atoms with van der Waals surface area (Å²) in [5.74, 6) is 2.36. The zero-order valence-corrected chi connectivity index (χ0v) is 19.4. The van der Waals surface area contributed by atoms with Gasteiger partial charge in [-0.1, -0.05) is 42.5 Å². The van der Waals surface area contributed by atoms with Gasteiger partial charge < -0.3 is 22.9 Å². The highest BCUT2D eigenvalue weighted by Crippen LogP contribution is 2.48. The molecule has 3 aromatic carbocycles. The van der Waals surface area contributed by atoms with Crippen LogP contribution in [0.25, 0.3) is 21.9 Å². The smallest absolute Gasteiger partial charge is 0.118 e. The summed E-state index contributed by atoms with van der Waals surface area (Å²) in [6, 6.07) is 17.6. The SMILES string of the molecule is Nc1ccc2c3c(cccc13)C(N)(N)c1cc(C3CCC(C4CCC(N)CC4)CC3)ccc1-2. The summed E-state index contributed by atoms with van der Waals surface area (Å²) in [6.45, 7) is 0. The van der Waals surface area contributed by atoms with E-state index in [9.17, 15) is 0 Å². The van der Waals surface area contributed by atoms with Gasteiger partial charge in [0.1, 0.15) is 5.66 Å². The maximum Gasteiger partial charge on any atom is 0.118 e. The van der Waals surface area contributed by atoms with Gasteiger partial charge in [-0.3, -0.25) is 0 Å². The minimum Gasteiger partial charge on any atom is -0.398 e. The molecule has 0 amide bonds. The van der Waals surface area contributed by atoms with E-state index in [1.807, 2.05) is 12.1 Å². The van der Waals surface area contributed by atoms with Crippen molar-refractivity contribution in [3.8, 4) is 11.1 Å². The van der Waals surface area contributed by atoms with E-state index in [4.69, 9.17) is 22.9 Å². The van der Waals surface area contributed by atoms with Gasteiger partial charge in [-0.15, -0.1) is 0 Å². The van der Waals surface area contributed by atoms with Crippen molar-refractivity contribution in [2.45, 2.75) is 69.0 Å². The van der Waals surface area contributed by atoms with E-state index >= 15 is 0 Å². The van der Waals surface area contributed by atoms with E-state index in [2.05, 4.69) is 36.4 Å². The van der Waals surface area contributed by atoms with Gasteiger partial charge in [0.2, 0.25) is 0 Å². The molecule has 3 aliphatic rings. The second-order valence-corrected chi connectivity index (χ2v) is 10.9. The fourth-order valence-corrected chi connectivity index (χ4v) is 7.08. The Balaban J connectivity index is 1.30. The quantitative estimate of drug-likeness (QED) is 0.320. The molecule has 3 aromatic rings. The van der Waals surface area contributed by atoms with Crippen LogP contribution in [0, 0.1) is 11.8 Å². The van der Waals surface area contributed by atoms with E-state index < -0.39 is 5.66 Å². The Morgan fingerprint density at radius 2 is 1.36 bits per heavy atom. The molecule has 0 heterocycles. The number of rotatable bonds is 2. The molecule has 6 rings (SSSR count). The van der Waals surface area contributed by atoms with Crippen molar-refractivity contribution >= 4 is 16.5 Å². The summed E-state index contributed by atoms with van der Waals surface area (Å²) in [5.41, 5.74) is 31.6. The van der Waals surface area contributed by atoms with Crippen LogP contribution in [0.5, 0.6) is 0 Å². The second-order valence-electron chi connectivity index (χ2n) is 10.9. The van der Waals surface area contributed by atoms with E-state index in [1.54, 1.807) is 0 Å². The molecule has 8 N–H and O–H groups in total. The maximum atomic E-state index is 6.87. The first kappa shape index (κ1) is 21.2. The molecule has 0 atom stereocenters. The molecule has 0 aliphatic heterocycles. The van der Waals surface area contributed by atoms with Crippen LogP contribution >= 0.6 is 0 Å². The maximum absolute atomic E-state index is 6.87. The van der Waals surface area contributed by atoms with Gasteiger partial charge in [0.05, 0.1) is 0 Å². The number of hydrogen-bond acceptors (Lipinski definition) is 4. The lowest BCUT2D eigenvalue weighted by molar-refractivity contribution is 0.177. The molecule has 0 radical (unpaired) electrons. The van der Waals surface area contributed by atoms with E-state index in [0.717, 1.165) is 45.0 Å². The molecule has 0 saturated heterocycles. The summed E-state index contributed by atoms with van der Waals surface area (Å²) in [4.78, 5) is 0. The Kier molecular flexibility index (Phi) is 5.02. The normalized spacial score (nSPS) is 28.5. The van der Waals surface area contributed by atoms with Crippen molar-refractivity contribution in [2.75, 3.05) is 5.73 Å². The van der Waals surface area contributed by atoms with Crippen molar-refractivity contribution in [1.29, 1.82) is 0 Å². The monoisotopic (exact) mass is 440 g/mol. The van der Waals surface area contributed by atoms with Crippen LogP contribution in [-0.2, 0) is 5.66 Å². The predicted octanol–water partition coefficient (Wildman–Crippen LogP) is 5.31. The molecular weight excluding hydrogens is 404 g/mol. The third-order valence-corrected chi connectivity index (χ3v) is 9.03.